The number of halogens is 1. The Bertz CT molecular complexity index is 985. The summed E-state index contributed by atoms with van der Waals surface area (Å²) in [5.74, 6) is -0.233. The van der Waals surface area contributed by atoms with Crippen LogP contribution in [0, 0.1) is 6.92 Å². The van der Waals surface area contributed by atoms with Crippen molar-refractivity contribution in [2.45, 2.75) is 11.8 Å². The van der Waals surface area contributed by atoms with Gasteiger partial charge in [0.15, 0.2) is 0 Å². The van der Waals surface area contributed by atoms with Gasteiger partial charge in [-0.1, -0.05) is 51.8 Å². The molecule has 0 aromatic heterocycles. The minimum Gasteiger partial charge on any atom is -0.292 e. The van der Waals surface area contributed by atoms with E-state index in [1.54, 1.807) is 30.5 Å². The Labute approximate surface area is 179 Å². The highest BCUT2D eigenvalue weighted by atomic mass is 79.9. The molecule has 0 aliphatic carbocycles. The lowest BCUT2D eigenvalue weighted by Gasteiger charge is -2.33. The van der Waals surface area contributed by atoms with E-state index in [2.05, 4.69) is 26.5 Å². The molecule has 0 bridgehead atoms. The van der Waals surface area contributed by atoms with Crippen molar-refractivity contribution in [2.75, 3.05) is 32.7 Å². The van der Waals surface area contributed by atoms with Crippen molar-refractivity contribution >= 4 is 38.1 Å². The maximum absolute atomic E-state index is 12.7. The molecule has 7 nitrogen and oxygen atoms in total. The Kier molecular flexibility index (Phi) is 7.18. The van der Waals surface area contributed by atoms with Crippen LogP contribution < -0.4 is 5.43 Å². The fraction of sp³-hybridized carbons (Fsp3) is 0.300. The van der Waals surface area contributed by atoms with Crippen molar-refractivity contribution in [3.63, 3.8) is 0 Å². The van der Waals surface area contributed by atoms with Gasteiger partial charge in [-0.25, -0.2) is 13.8 Å². The van der Waals surface area contributed by atoms with E-state index in [-0.39, 0.29) is 12.5 Å². The number of amides is 1. The predicted octanol–water partition coefficient (Wildman–Crippen LogP) is 2.21. The van der Waals surface area contributed by atoms with Crippen LogP contribution in [0.3, 0.4) is 0 Å². The molecule has 9 heteroatoms. The van der Waals surface area contributed by atoms with Crippen LogP contribution in [0.25, 0.3) is 0 Å². The van der Waals surface area contributed by atoms with Gasteiger partial charge < -0.3 is 0 Å². The highest BCUT2D eigenvalue weighted by Gasteiger charge is 2.28. The van der Waals surface area contributed by atoms with E-state index in [9.17, 15) is 13.2 Å². The van der Waals surface area contributed by atoms with Crippen LogP contribution in [-0.4, -0.2) is 62.5 Å². The molecule has 0 atom stereocenters. The molecule has 2 aromatic carbocycles. The number of nitrogens with one attached hydrogen (secondary N) is 1. The van der Waals surface area contributed by atoms with Crippen molar-refractivity contribution in [2.24, 2.45) is 5.10 Å². The monoisotopic (exact) mass is 478 g/mol. The highest BCUT2D eigenvalue weighted by molar-refractivity contribution is 9.10. The van der Waals surface area contributed by atoms with Gasteiger partial charge in [0.25, 0.3) is 5.91 Å². The molecule has 29 heavy (non-hydrogen) atoms. The number of benzene rings is 2. The SMILES string of the molecule is Cc1ccc(S(=O)(=O)N2CCN(CC(=O)N/N=C/c3ccccc3Br)CC2)cc1. The number of carbonyl (C=O) groups excluding carboxylic acids is 1. The third kappa shape index (κ3) is 5.72. The molecule has 0 saturated carbocycles. The van der Waals surface area contributed by atoms with Gasteiger partial charge in [0.1, 0.15) is 0 Å². The predicted molar refractivity (Wildman–Crippen MR) is 116 cm³/mol. The summed E-state index contributed by atoms with van der Waals surface area (Å²) < 4.78 is 27.8. The maximum atomic E-state index is 12.7. The Morgan fingerprint density at radius 1 is 1.10 bits per heavy atom. The summed E-state index contributed by atoms with van der Waals surface area (Å²) in [6.45, 7) is 3.78. The molecule has 0 radical (unpaired) electrons. The van der Waals surface area contributed by atoms with Gasteiger partial charge >= 0.3 is 0 Å². The number of piperazine rings is 1. The highest BCUT2D eigenvalue weighted by Crippen LogP contribution is 2.18. The summed E-state index contributed by atoms with van der Waals surface area (Å²) in [7, 11) is -3.50. The zero-order chi connectivity index (χ0) is 20.9. The third-order valence-corrected chi connectivity index (χ3v) is 7.29. The molecule has 0 unspecified atom stereocenters. The van der Waals surface area contributed by atoms with E-state index in [4.69, 9.17) is 0 Å². The summed E-state index contributed by atoms with van der Waals surface area (Å²) in [6.07, 6.45) is 1.58. The van der Waals surface area contributed by atoms with Gasteiger partial charge in [-0.15, -0.1) is 0 Å². The number of aryl methyl sites for hydroxylation is 1. The summed E-state index contributed by atoms with van der Waals surface area (Å²) >= 11 is 3.42. The molecule has 1 aliphatic rings. The molecular weight excluding hydrogens is 456 g/mol. The Morgan fingerprint density at radius 3 is 2.41 bits per heavy atom. The van der Waals surface area contributed by atoms with Crippen molar-refractivity contribution < 1.29 is 13.2 Å². The van der Waals surface area contributed by atoms with E-state index >= 15 is 0 Å². The van der Waals surface area contributed by atoms with Gasteiger partial charge in [0.05, 0.1) is 17.7 Å². The van der Waals surface area contributed by atoms with Crippen LogP contribution in [0.5, 0.6) is 0 Å². The average molecular weight is 479 g/mol. The molecule has 1 heterocycles. The normalized spacial score (nSPS) is 16.2. The summed E-state index contributed by atoms with van der Waals surface area (Å²) in [4.78, 5) is 14.3. The summed E-state index contributed by atoms with van der Waals surface area (Å²) in [5.41, 5.74) is 4.39. The second-order valence-electron chi connectivity index (χ2n) is 6.81. The zero-order valence-corrected chi connectivity index (χ0v) is 18.5. The quantitative estimate of drug-likeness (QED) is 0.509. The molecular formula is C20H23BrN4O3S. The average Bonchev–Trinajstić information content (AvgIpc) is 2.70. The van der Waals surface area contributed by atoms with Gasteiger partial charge in [-0.3, -0.25) is 9.69 Å². The number of sulfonamides is 1. The standard InChI is InChI=1S/C20H23BrN4O3S/c1-16-6-8-18(9-7-16)29(27,28)25-12-10-24(11-13-25)15-20(26)23-22-14-17-4-2-3-5-19(17)21/h2-9,14H,10-13,15H2,1H3,(H,23,26)/b22-14+. The smallest absolute Gasteiger partial charge is 0.254 e. The lowest BCUT2D eigenvalue weighted by Crippen LogP contribution is -2.50. The van der Waals surface area contributed by atoms with E-state index in [0.717, 1.165) is 15.6 Å². The number of hydrazone groups is 1. The largest absolute Gasteiger partial charge is 0.292 e. The Morgan fingerprint density at radius 2 is 1.76 bits per heavy atom. The lowest BCUT2D eigenvalue weighted by molar-refractivity contribution is -0.122. The second-order valence-corrected chi connectivity index (χ2v) is 9.60. The van der Waals surface area contributed by atoms with E-state index in [0.29, 0.717) is 31.1 Å². The number of hydrogen-bond donors (Lipinski definition) is 1. The van der Waals surface area contributed by atoms with Crippen molar-refractivity contribution in [3.05, 3.63) is 64.1 Å². The molecule has 1 N–H and O–H groups in total. The first-order valence-corrected chi connectivity index (χ1v) is 11.5. The van der Waals surface area contributed by atoms with Gasteiger partial charge in [0, 0.05) is 36.2 Å². The number of rotatable bonds is 6. The van der Waals surface area contributed by atoms with Gasteiger partial charge in [-0.05, 0) is 25.1 Å². The molecule has 3 rings (SSSR count). The van der Waals surface area contributed by atoms with Crippen LogP contribution in [0.15, 0.2) is 63.0 Å². The lowest BCUT2D eigenvalue weighted by atomic mass is 10.2. The first-order valence-electron chi connectivity index (χ1n) is 9.22. The molecule has 1 saturated heterocycles. The number of hydrogen-bond acceptors (Lipinski definition) is 5. The topological polar surface area (TPSA) is 82.1 Å². The van der Waals surface area contributed by atoms with Crippen LogP contribution >= 0.6 is 15.9 Å². The van der Waals surface area contributed by atoms with E-state index in [1.165, 1.54) is 4.31 Å². The van der Waals surface area contributed by atoms with E-state index < -0.39 is 10.0 Å². The molecule has 1 amide bonds. The van der Waals surface area contributed by atoms with Crippen LogP contribution in [0.2, 0.25) is 0 Å². The van der Waals surface area contributed by atoms with Crippen molar-refractivity contribution in [3.8, 4) is 0 Å². The van der Waals surface area contributed by atoms with Crippen molar-refractivity contribution in [1.29, 1.82) is 0 Å². The fourth-order valence-corrected chi connectivity index (χ4v) is 4.79. The van der Waals surface area contributed by atoms with Gasteiger partial charge in [0.2, 0.25) is 10.0 Å². The fourth-order valence-electron chi connectivity index (χ4n) is 2.98. The van der Waals surface area contributed by atoms with Crippen LogP contribution in [-0.2, 0) is 14.8 Å². The molecule has 1 fully saturated rings. The minimum atomic E-state index is -3.50. The third-order valence-electron chi connectivity index (χ3n) is 4.66. The molecule has 2 aromatic rings. The number of carbonyl (C=O) groups is 1. The van der Waals surface area contributed by atoms with Crippen molar-refractivity contribution in [1.82, 2.24) is 14.6 Å². The molecule has 1 aliphatic heterocycles. The maximum Gasteiger partial charge on any atom is 0.254 e. The zero-order valence-electron chi connectivity index (χ0n) is 16.1. The minimum absolute atomic E-state index is 0.172. The second kappa shape index (κ2) is 9.62. The summed E-state index contributed by atoms with van der Waals surface area (Å²) in [6, 6.07) is 14.4. The first kappa shape index (κ1) is 21.6. The Balaban J connectivity index is 1.48. The van der Waals surface area contributed by atoms with Crippen LogP contribution in [0.1, 0.15) is 11.1 Å². The number of nitrogens with zero attached hydrogens (tertiary/aromatic N) is 3. The van der Waals surface area contributed by atoms with Crippen LogP contribution in [0.4, 0.5) is 0 Å². The molecule has 0 spiro atoms. The Hall–Kier alpha value is -2.07. The first-order chi connectivity index (χ1) is 13.9. The summed E-state index contributed by atoms with van der Waals surface area (Å²) in [5, 5.41) is 3.98. The van der Waals surface area contributed by atoms with E-state index in [1.807, 2.05) is 36.1 Å². The molecule has 154 valence electrons. The van der Waals surface area contributed by atoms with Gasteiger partial charge in [-0.2, -0.15) is 9.41 Å².